The average Bonchev–Trinajstić information content (AvgIpc) is 3.36. The van der Waals surface area contributed by atoms with Crippen molar-refractivity contribution in [3.8, 4) is 0 Å². The summed E-state index contributed by atoms with van der Waals surface area (Å²) in [6.45, 7) is 2.71. The van der Waals surface area contributed by atoms with Gasteiger partial charge >= 0.3 is 0 Å². The highest BCUT2D eigenvalue weighted by Gasteiger charge is 2.30. The number of hydrogen-bond acceptors (Lipinski definition) is 7. The van der Waals surface area contributed by atoms with Crippen LogP contribution in [0.15, 0.2) is 28.1 Å². The van der Waals surface area contributed by atoms with Crippen molar-refractivity contribution in [2.75, 3.05) is 38.1 Å². The van der Waals surface area contributed by atoms with E-state index in [1.54, 1.807) is 18.2 Å². The fourth-order valence-corrected chi connectivity index (χ4v) is 4.63. The maximum Gasteiger partial charge on any atom is 0.290 e. The highest BCUT2D eigenvalue weighted by atomic mass is 35.5. The standard InChI is InChI=1S/C19H20ClN5O3S/c1-24-8-6-21-16(24)18(27)22-12-5-7-25(10-12)15-11(3-2-4-13(15)20)9-14-17(26)23-19(28)29-14/h2-4,9,12H,5-8,10H2,1H3,(H,22,27)(H,23,26,28)/b14-9-/t12-/m0/s1. The van der Waals surface area contributed by atoms with Gasteiger partial charge in [-0.15, -0.1) is 0 Å². The van der Waals surface area contributed by atoms with Gasteiger partial charge in [-0.05, 0) is 30.3 Å². The van der Waals surface area contributed by atoms with Gasteiger partial charge in [0.05, 0.1) is 22.2 Å². The van der Waals surface area contributed by atoms with Crippen LogP contribution in [-0.4, -0.2) is 67.1 Å². The molecule has 2 fully saturated rings. The van der Waals surface area contributed by atoms with E-state index in [9.17, 15) is 14.4 Å². The van der Waals surface area contributed by atoms with Crippen LogP contribution >= 0.6 is 23.4 Å². The minimum atomic E-state index is -0.404. The second-order valence-corrected chi connectivity index (χ2v) is 8.48. The van der Waals surface area contributed by atoms with Gasteiger partial charge in [0.2, 0.25) is 0 Å². The first-order chi connectivity index (χ1) is 13.9. The zero-order chi connectivity index (χ0) is 20.5. The molecule has 152 valence electrons. The molecule has 8 nitrogen and oxygen atoms in total. The SMILES string of the molecule is CN1CCN=C1C(=O)N[C@H]1CCN(c2c(Cl)cccc2/C=C2\SC(=O)NC2=O)C1. The molecule has 0 bridgehead atoms. The number of carbonyl (C=O) groups excluding carboxylic acids is 3. The van der Waals surface area contributed by atoms with Crippen LogP contribution in [-0.2, 0) is 9.59 Å². The van der Waals surface area contributed by atoms with Gasteiger partial charge in [-0.1, -0.05) is 23.7 Å². The molecular formula is C19H20ClN5O3S. The van der Waals surface area contributed by atoms with Gasteiger partial charge < -0.3 is 15.1 Å². The summed E-state index contributed by atoms with van der Waals surface area (Å²) in [5.74, 6) is -0.0876. The Morgan fingerprint density at radius 3 is 2.90 bits per heavy atom. The number of para-hydroxylation sites is 1. The number of amidine groups is 1. The molecular weight excluding hydrogens is 414 g/mol. The van der Waals surface area contributed by atoms with Crippen LogP contribution in [0, 0.1) is 0 Å². The summed E-state index contributed by atoms with van der Waals surface area (Å²) in [5, 5.41) is 5.48. The van der Waals surface area contributed by atoms with E-state index >= 15 is 0 Å². The molecule has 0 unspecified atom stereocenters. The molecule has 4 rings (SSSR count). The van der Waals surface area contributed by atoms with Crippen molar-refractivity contribution in [3.05, 3.63) is 33.7 Å². The molecule has 3 amide bonds. The summed E-state index contributed by atoms with van der Waals surface area (Å²) >= 11 is 7.35. The highest BCUT2D eigenvalue weighted by molar-refractivity contribution is 8.18. The fourth-order valence-electron chi connectivity index (χ4n) is 3.65. The van der Waals surface area contributed by atoms with Crippen LogP contribution in [0.4, 0.5) is 10.5 Å². The number of halogens is 1. The van der Waals surface area contributed by atoms with Crippen LogP contribution in [0.2, 0.25) is 5.02 Å². The molecule has 3 heterocycles. The number of aliphatic imine (C=N–C) groups is 1. The molecule has 29 heavy (non-hydrogen) atoms. The lowest BCUT2D eigenvalue weighted by Gasteiger charge is -2.23. The van der Waals surface area contributed by atoms with Crippen LogP contribution < -0.4 is 15.5 Å². The number of rotatable bonds is 4. The lowest BCUT2D eigenvalue weighted by atomic mass is 10.1. The lowest BCUT2D eigenvalue weighted by molar-refractivity contribution is -0.116. The van der Waals surface area contributed by atoms with Gasteiger partial charge in [0.1, 0.15) is 0 Å². The van der Waals surface area contributed by atoms with Crippen molar-refractivity contribution in [1.29, 1.82) is 0 Å². The topological polar surface area (TPSA) is 94.1 Å². The number of benzene rings is 1. The van der Waals surface area contributed by atoms with Crippen molar-refractivity contribution in [1.82, 2.24) is 15.5 Å². The van der Waals surface area contributed by atoms with Crippen LogP contribution in [0.1, 0.15) is 12.0 Å². The average molecular weight is 434 g/mol. The Balaban J connectivity index is 1.51. The van der Waals surface area contributed by atoms with E-state index in [0.717, 1.165) is 36.0 Å². The molecule has 0 saturated carbocycles. The van der Waals surface area contributed by atoms with Gasteiger partial charge in [-0.25, -0.2) is 0 Å². The summed E-state index contributed by atoms with van der Waals surface area (Å²) in [7, 11) is 1.86. The fraction of sp³-hybridized carbons (Fsp3) is 0.368. The zero-order valence-electron chi connectivity index (χ0n) is 15.8. The Bertz CT molecular complexity index is 948. The van der Waals surface area contributed by atoms with Crippen LogP contribution in [0.3, 0.4) is 0 Å². The summed E-state index contributed by atoms with van der Waals surface area (Å²) in [4.78, 5) is 44.4. The van der Waals surface area contributed by atoms with Gasteiger partial charge in [0.15, 0.2) is 5.84 Å². The molecule has 3 aliphatic heterocycles. The van der Waals surface area contributed by atoms with Crippen molar-refractivity contribution >= 4 is 58.0 Å². The third-order valence-corrected chi connectivity index (χ3v) is 6.16. The molecule has 3 aliphatic rings. The molecule has 1 aromatic carbocycles. The molecule has 0 spiro atoms. The van der Waals surface area contributed by atoms with Crippen molar-refractivity contribution in [2.45, 2.75) is 12.5 Å². The van der Waals surface area contributed by atoms with Gasteiger partial charge in [0.25, 0.3) is 17.1 Å². The van der Waals surface area contributed by atoms with E-state index in [1.807, 2.05) is 18.0 Å². The molecule has 1 aromatic rings. The minimum Gasteiger partial charge on any atom is -0.368 e. The number of nitrogens with one attached hydrogen (secondary N) is 2. The van der Waals surface area contributed by atoms with Gasteiger partial charge in [-0.2, -0.15) is 0 Å². The molecule has 0 radical (unpaired) electrons. The molecule has 10 heteroatoms. The summed E-state index contributed by atoms with van der Waals surface area (Å²) in [5.41, 5.74) is 1.55. The Labute approximate surface area is 177 Å². The first-order valence-electron chi connectivity index (χ1n) is 9.27. The number of anilines is 1. The molecule has 2 N–H and O–H groups in total. The molecule has 0 aliphatic carbocycles. The first-order valence-corrected chi connectivity index (χ1v) is 10.5. The smallest absolute Gasteiger partial charge is 0.290 e. The predicted molar refractivity (Wildman–Crippen MR) is 114 cm³/mol. The number of thioether (sulfide) groups is 1. The van der Waals surface area contributed by atoms with E-state index in [0.29, 0.717) is 35.4 Å². The number of nitrogens with zero attached hydrogens (tertiary/aromatic N) is 3. The first kappa shape index (κ1) is 19.8. The summed E-state index contributed by atoms with van der Waals surface area (Å²) in [6, 6.07) is 5.43. The Kier molecular flexibility index (Phi) is 5.51. The third-order valence-electron chi connectivity index (χ3n) is 5.05. The zero-order valence-corrected chi connectivity index (χ0v) is 17.3. The van der Waals surface area contributed by atoms with E-state index in [2.05, 4.69) is 20.5 Å². The largest absolute Gasteiger partial charge is 0.368 e. The summed E-state index contributed by atoms with van der Waals surface area (Å²) in [6.07, 6.45) is 2.46. The lowest BCUT2D eigenvalue weighted by Crippen LogP contribution is -2.44. The molecule has 2 saturated heterocycles. The number of hydrogen-bond donors (Lipinski definition) is 2. The highest BCUT2D eigenvalue weighted by Crippen LogP contribution is 2.36. The van der Waals surface area contributed by atoms with Crippen LogP contribution in [0.25, 0.3) is 6.08 Å². The maximum absolute atomic E-state index is 12.5. The third kappa shape index (κ3) is 4.11. The Hall–Kier alpha value is -2.52. The normalized spacial score (nSPS) is 23.0. The summed E-state index contributed by atoms with van der Waals surface area (Å²) < 4.78 is 0. The predicted octanol–water partition coefficient (Wildman–Crippen LogP) is 1.70. The quantitative estimate of drug-likeness (QED) is 0.702. The van der Waals surface area contributed by atoms with Crippen molar-refractivity contribution in [2.24, 2.45) is 4.99 Å². The van der Waals surface area contributed by atoms with Gasteiger partial charge in [-0.3, -0.25) is 24.7 Å². The van der Waals surface area contributed by atoms with E-state index in [-0.39, 0.29) is 17.2 Å². The maximum atomic E-state index is 12.5. The van der Waals surface area contributed by atoms with E-state index < -0.39 is 5.91 Å². The Morgan fingerprint density at radius 2 is 2.21 bits per heavy atom. The number of likely N-dealkylation sites (N-methyl/N-ethyl adjacent to an activating group) is 1. The Morgan fingerprint density at radius 1 is 1.38 bits per heavy atom. The van der Waals surface area contributed by atoms with E-state index in [4.69, 9.17) is 11.6 Å². The number of imide groups is 1. The van der Waals surface area contributed by atoms with Crippen molar-refractivity contribution in [3.63, 3.8) is 0 Å². The van der Waals surface area contributed by atoms with Gasteiger partial charge in [0, 0.05) is 38.3 Å². The second kappa shape index (κ2) is 8.08. The molecule has 1 atom stereocenters. The number of carbonyl (C=O) groups is 3. The van der Waals surface area contributed by atoms with E-state index in [1.165, 1.54) is 0 Å². The minimum absolute atomic E-state index is 0.0262. The monoisotopic (exact) mass is 433 g/mol. The van der Waals surface area contributed by atoms with Crippen molar-refractivity contribution < 1.29 is 14.4 Å². The van der Waals surface area contributed by atoms with Crippen LogP contribution in [0.5, 0.6) is 0 Å². The second-order valence-electron chi connectivity index (χ2n) is 7.06. The molecule has 0 aromatic heterocycles. The number of amides is 3.